The molecule has 2 amide bonds. The maximum Gasteiger partial charge on any atom is 0.276 e. The number of nitrogens with one attached hydrogen (secondary N) is 2. The lowest BCUT2D eigenvalue weighted by atomic mass is 10.1. The van der Waals surface area contributed by atoms with Gasteiger partial charge in [-0.2, -0.15) is 5.26 Å². The molecule has 0 aliphatic heterocycles. The highest BCUT2D eigenvalue weighted by Crippen LogP contribution is 2.13. The van der Waals surface area contributed by atoms with E-state index in [0.717, 1.165) is 6.42 Å². The molecule has 7 nitrogen and oxygen atoms in total. The third-order valence-corrected chi connectivity index (χ3v) is 3.75. The average Bonchev–Trinajstić information content (AvgIpc) is 2.71. The quantitative estimate of drug-likeness (QED) is 0.685. The van der Waals surface area contributed by atoms with Gasteiger partial charge in [-0.3, -0.25) is 20.4 Å². The number of hydrogen-bond acceptors (Lipinski definition) is 5. The van der Waals surface area contributed by atoms with E-state index in [2.05, 4.69) is 24.7 Å². The first-order chi connectivity index (χ1) is 13.5. The van der Waals surface area contributed by atoms with Crippen LogP contribution in [0.5, 0.6) is 11.5 Å². The van der Waals surface area contributed by atoms with Crippen molar-refractivity contribution in [1.29, 1.82) is 5.26 Å². The summed E-state index contributed by atoms with van der Waals surface area (Å²) in [7, 11) is 0. The summed E-state index contributed by atoms with van der Waals surface area (Å²) in [5.41, 5.74) is 5.51. The number of nitriles is 1. The van der Waals surface area contributed by atoms with Crippen LogP contribution in [0.3, 0.4) is 0 Å². The van der Waals surface area contributed by atoms with E-state index in [1.165, 1.54) is 0 Å². The molecule has 0 aliphatic carbocycles. The Hall–Kier alpha value is -3.53. The lowest BCUT2D eigenvalue weighted by Gasteiger charge is -2.10. The van der Waals surface area contributed by atoms with Crippen molar-refractivity contribution < 1.29 is 19.1 Å². The van der Waals surface area contributed by atoms with Crippen LogP contribution in [0, 0.1) is 17.2 Å². The lowest BCUT2D eigenvalue weighted by molar-refractivity contribution is -0.123. The zero-order chi connectivity index (χ0) is 20.4. The van der Waals surface area contributed by atoms with E-state index < -0.39 is 11.8 Å². The molecular weight excluding hydrogens is 358 g/mol. The Bertz CT molecular complexity index is 824. The molecule has 0 aromatic heterocycles. The first-order valence-electron chi connectivity index (χ1n) is 8.93. The van der Waals surface area contributed by atoms with Crippen LogP contribution >= 0.6 is 0 Å². The first-order valence-corrected chi connectivity index (χ1v) is 8.93. The predicted octanol–water partition coefficient (Wildman–Crippen LogP) is 2.82. The highest BCUT2D eigenvalue weighted by Gasteiger charge is 2.08. The van der Waals surface area contributed by atoms with Crippen LogP contribution in [0.15, 0.2) is 48.5 Å². The molecule has 0 aliphatic rings. The van der Waals surface area contributed by atoms with Crippen molar-refractivity contribution in [2.75, 3.05) is 13.2 Å². The Labute approximate surface area is 164 Å². The number of carbonyl (C=O) groups excluding carboxylic acids is 2. The zero-order valence-electron chi connectivity index (χ0n) is 15.9. The molecule has 28 heavy (non-hydrogen) atoms. The Morgan fingerprint density at radius 3 is 2.18 bits per heavy atom. The molecule has 0 saturated heterocycles. The van der Waals surface area contributed by atoms with Crippen LogP contribution in [0.4, 0.5) is 0 Å². The topological polar surface area (TPSA) is 100 Å². The van der Waals surface area contributed by atoms with Gasteiger partial charge in [0.15, 0.2) is 6.61 Å². The van der Waals surface area contributed by atoms with Gasteiger partial charge in [-0.05, 0) is 60.9 Å². The maximum absolute atomic E-state index is 12.1. The highest BCUT2D eigenvalue weighted by atomic mass is 16.5. The molecule has 146 valence electrons. The van der Waals surface area contributed by atoms with Crippen molar-refractivity contribution in [3.8, 4) is 17.6 Å². The van der Waals surface area contributed by atoms with Gasteiger partial charge < -0.3 is 9.47 Å². The molecular formula is C21H23N3O4. The minimum absolute atomic E-state index is 0.269. The lowest BCUT2D eigenvalue weighted by Crippen LogP contribution is -2.43. The summed E-state index contributed by atoms with van der Waals surface area (Å²) in [5, 5.41) is 8.73. The van der Waals surface area contributed by atoms with Gasteiger partial charge in [0, 0.05) is 5.56 Å². The summed E-state index contributed by atoms with van der Waals surface area (Å²) < 4.78 is 10.9. The Kier molecular flexibility index (Phi) is 7.85. The molecule has 2 aromatic carbocycles. The normalized spacial score (nSPS) is 10.1. The monoisotopic (exact) mass is 381 g/mol. The van der Waals surface area contributed by atoms with Crippen molar-refractivity contribution in [2.24, 2.45) is 5.92 Å². The standard InChI is InChI=1S/C21H23N3O4/c1-15(2)11-12-27-18-9-5-17(6-10-18)21(26)24-23-20(25)14-28-19-7-3-16(13-22)4-8-19/h3-10,15H,11-12,14H2,1-2H3,(H,23,25)(H,24,26). The van der Waals surface area contributed by atoms with E-state index in [1.807, 2.05) is 6.07 Å². The first kappa shape index (κ1) is 20.8. The summed E-state index contributed by atoms with van der Waals surface area (Å²) in [6, 6.07) is 15.0. The number of nitrogens with zero attached hydrogens (tertiary/aromatic N) is 1. The van der Waals surface area contributed by atoms with Crippen LogP contribution in [0.2, 0.25) is 0 Å². The second kappa shape index (κ2) is 10.6. The van der Waals surface area contributed by atoms with Gasteiger partial charge in [-0.1, -0.05) is 13.8 Å². The van der Waals surface area contributed by atoms with Crippen molar-refractivity contribution >= 4 is 11.8 Å². The number of hydrazine groups is 1. The number of hydrogen-bond donors (Lipinski definition) is 2. The third-order valence-electron chi connectivity index (χ3n) is 3.75. The van der Waals surface area contributed by atoms with Crippen LogP contribution in [-0.2, 0) is 4.79 Å². The van der Waals surface area contributed by atoms with E-state index in [-0.39, 0.29) is 6.61 Å². The molecule has 0 radical (unpaired) electrons. The van der Waals surface area contributed by atoms with Crippen molar-refractivity contribution in [1.82, 2.24) is 10.9 Å². The highest BCUT2D eigenvalue weighted by molar-refractivity contribution is 5.95. The van der Waals surface area contributed by atoms with E-state index in [0.29, 0.717) is 35.2 Å². The third kappa shape index (κ3) is 7.00. The maximum atomic E-state index is 12.1. The molecule has 0 bridgehead atoms. The SMILES string of the molecule is CC(C)CCOc1ccc(C(=O)NNC(=O)COc2ccc(C#N)cc2)cc1. The van der Waals surface area contributed by atoms with Gasteiger partial charge in [0.25, 0.3) is 11.8 Å². The van der Waals surface area contributed by atoms with Crippen LogP contribution in [-0.4, -0.2) is 25.0 Å². The number of carbonyl (C=O) groups is 2. The molecule has 0 heterocycles. The van der Waals surface area contributed by atoms with Crippen LogP contribution in [0.25, 0.3) is 0 Å². The van der Waals surface area contributed by atoms with Gasteiger partial charge in [-0.15, -0.1) is 0 Å². The van der Waals surface area contributed by atoms with E-state index in [9.17, 15) is 9.59 Å². The van der Waals surface area contributed by atoms with Gasteiger partial charge >= 0.3 is 0 Å². The summed E-state index contributed by atoms with van der Waals surface area (Å²) in [6.45, 7) is 4.61. The van der Waals surface area contributed by atoms with E-state index >= 15 is 0 Å². The minimum Gasteiger partial charge on any atom is -0.494 e. The molecule has 0 atom stereocenters. The van der Waals surface area contributed by atoms with Gasteiger partial charge in [-0.25, -0.2) is 0 Å². The fourth-order valence-corrected chi connectivity index (χ4v) is 2.12. The summed E-state index contributed by atoms with van der Waals surface area (Å²) in [6.07, 6.45) is 0.957. The molecule has 0 spiro atoms. The van der Waals surface area contributed by atoms with Gasteiger partial charge in [0.1, 0.15) is 11.5 Å². The molecule has 2 N–H and O–H groups in total. The largest absolute Gasteiger partial charge is 0.494 e. The molecule has 2 rings (SSSR count). The van der Waals surface area contributed by atoms with Gasteiger partial charge in [0.2, 0.25) is 0 Å². The fourth-order valence-electron chi connectivity index (χ4n) is 2.12. The minimum atomic E-state index is -0.508. The molecule has 7 heteroatoms. The van der Waals surface area contributed by atoms with E-state index in [1.54, 1.807) is 48.5 Å². The second-order valence-corrected chi connectivity index (χ2v) is 6.48. The Balaban J connectivity index is 1.73. The zero-order valence-corrected chi connectivity index (χ0v) is 15.9. The summed E-state index contributed by atoms with van der Waals surface area (Å²) in [5.74, 6) is 0.756. The fraction of sp³-hybridized carbons (Fsp3) is 0.286. The average molecular weight is 381 g/mol. The Morgan fingerprint density at radius 1 is 0.964 bits per heavy atom. The second-order valence-electron chi connectivity index (χ2n) is 6.48. The van der Waals surface area contributed by atoms with Crippen molar-refractivity contribution in [3.63, 3.8) is 0 Å². The molecule has 0 saturated carbocycles. The van der Waals surface area contributed by atoms with Crippen LogP contribution < -0.4 is 20.3 Å². The van der Waals surface area contributed by atoms with Crippen molar-refractivity contribution in [2.45, 2.75) is 20.3 Å². The van der Waals surface area contributed by atoms with E-state index in [4.69, 9.17) is 14.7 Å². The molecule has 2 aromatic rings. The Morgan fingerprint density at radius 2 is 1.57 bits per heavy atom. The van der Waals surface area contributed by atoms with Gasteiger partial charge in [0.05, 0.1) is 18.2 Å². The number of amides is 2. The smallest absolute Gasteiger partial charge is 0.276 e. The molecule has 0 fully saturated rings. The summed E-state index contributed by atoms with van der Waals surface area (Å²) in [4.78, 5) is 23.8. The van der Waals surface area contributed by atoms with Crippen molar-refractivity contribution in [3.05, 3.63) is 59.7 Å². The molecule has 0 unspecified atom stereocenters. The number of rotatable bonds is 8. The predicted molar refractivity (Wildman–Crippen MR) is 104 cm³/mol. The van der Waals surface area contributed by atoms with Crippen LogP contribution in [0.1, 0.15) is 36.2 Å². The summed E-state index contributed by atoms with van der Waals surface area (Å²) >= 11 is 0. The number of ether oxygens (including phenoxy) is 2. The number of benzene rings is 2.